The third-order valence-corrected chi connectivity index (χ3v) is 3.10. The summed E-state index contributed by atoms with van der Waals surface area (Å²) < 4.78 is 0. The van der Waals surface area contributed by atoms with E-state index in [-0.39, 0.29) is 12.2 Å². The van der Waals surface area contributed by atoms with E-state index in [1.54, 1.807) is 0 Å². The lowest BCUT2D eigenvalue weighted by Crippen LogP contribution is -2.54. The fraction of sp³-hybridized carbons (Fsp3) is 1.00. The molecular formula is C9H17NO2. The van der Waals surface area contributed by atoms with Crippen molar-refractivity contribution in [1.29, 1.82) is 0 Å². The van der Waals surface area contributed by atoms with Crippen molar-refractivity contribution in [3.63, 3.8) is 0 Å². The second kappa shape index (κ2) is 3.32. The molecule has 3 nitrogen and oxygen atoms in total. The van der Waals surface area contributed by atoms with Crippen molar-refractivity contribution < 1.29 is 10.2 Å². The van der Waals surface area contributed by atoms with E-state index in [0.717, 1.165) is 38.8 Å². The van der Waals surface area contributed by atoms with Crippen LogP contribution < -0.4 is 0 Å². The molecule has 2 N–H and O–H groups in total. The first-order chi connectivity index (χ1) is 5.77. The molecule has 0 spiro atoms. The summed E-state index contributed by atoms with van der Waals surface area (Å²) in [7, 11) is 0. The Kier molecular flexibility index (Phi) is 2.35. The molecule has 3 atom stereocenters. The fourth-order valence-corrected chi connectivity index (χ4v) is 2.43. The summed E-state index contributed by atoms with van der Waals surface area (Å²) in [6.07, 6.45) is 3.53. The predicted octanol–water partition coefficient (Wildman–Crippen LogP) is -0.0336. The van der Waals surface area contributed by atoms with E-state index >= 15 is 0 Å². The summed E-state index contributed by atoms with van der Waals surface area (Å²) in [6, 6.07) is 0.335. The Bertz CT molecular complexity index is 163. The number of piperidine rings is 2. The molecule has 12 heavy (non-hydrogen) atoms. The van der Waals surface area contributed by atoms with E-state index in [9.17, 15) is 10.2 Å². The normalized spacial score (nSPS) is 44.0. The molecule has 0 aromatic carbocycles. The van der Waals surface area contributed by atoms with E-state index in [2.05, 4.69) is 4.90 Å². The van der Waals surface area contributed by atoms with E-state index in [4.69, 9.17) is 0 Å². The number of rotatable bonds is 0. The van der Waals surface area contributed by atoms with Crippen molar-refractivity contribution in [3.8, 4) is 0 Å². The lowest BCUT2D eigenvalue weighted by atomic mass is 9.90. The van der Waals surface area contributed by atoms with Gasteiger partial charge in [-0.25, -0.2) is 0 Å². The Labute approximate surface area is 73.0 Å². The van der Waals surface area contributed by atoms with Crippen molar-refractivity contribution in [3.05, 3.63) is 0 Å². The van der Waals surface area contributed by atoms with Gasteiger partial charge in [-0.1, -0.05) is 0 Å². The fourth-order valence-electron chi connectivity index (χ4n) is 2.43. The van der Waals surface area contributed by atoms with Crippen LogP contribution in [0.3, 0.4) is 0 Å². The van der Waals surface area contributed by atoms with Crippen LogP contribution in [0.4, 0.5) is 0 Å². The molecule has 0 amide bonds. The van der Waals surface area contributed by atoms with Crippen LogP contribution in [-0.4, -0.2) is 46.5 Å². The molecule has 0 bridgehead atoms. The van der Waals surface area contributed by atoms with E-state index in [1.807, 2.05) is 0 Å². The number of hydrogen-bond donors (Lipinski definition) is 2. The van der Waals surface area contributed by atoms with Gasteiger partial charge in [0.2, 0.25) is 0 Å². The smallest absolute Gasteiger partial charge is 0.0695 e. The van der Waals surface area contributed by atoms with Crippen molar-refractivity contribution in [2.45, 2.75) is 43.9 Å². The third-order valence-electron chi connectivity index (χ3n) is 3.10. The summed E-state index contributed by atoms with van der Waals surface area (Å²) in [4.78, 5) is 2.24. The summed E-state index contributed by atoms with van der Waals surface area (Å²) in [5, 5.41) is 19.1. The highest BCUT2D eigenvalue weighted by Gasteiger charge is 2.34. The topological polar surface area (TPSA) is 43.7 Å². The van der Waals surface area contributed by atoms with Crippen molar-refractivity contribution in [2.24, 2.45) is 0 Å². The van der Waals surface area contributed by atoms with Gasteiger partial charge in [0.05, 0.1) is 12.2 Å². The molecule has 0 aromatic heterocycles. The van der Waals surface area contributed by atoms with E-state index < -0.39 is 0 Å². The zero-order valence-electron chi connectivity index (χ0n) is 7.32. The first-order valence-corrected chi connectivity index (χ1v) is 4.87. The molecular weight excluding hydrogens is 154 g/mol. The van der Waals surface area contributed by atoms with Crippen molar-refractivity contribution >= 4 is 0 Å². The second-order valence-corrected chi connectivity index (χ2v) is 4.00. The molecule has 0 aliphatic carbocycles. The van der Waals surface area contributed by atoms with E-state index in [1.165, 1.54) is 0 Å². The van der Waals surface area contributed by atoms with Gasteiger partial charge in [-0.15, -0.1) is 0 Å². The van der Waals surface area contributed by atoms with Crippen LogP contribution in [0.25, 0.3) is 0 Å². The maximum absolute atomic E-state index is 9.67. The van der Waals surface area contributed by atoms with Gasteiger partial charge in [-0.3, -0.25) is 4.90 Å². The van der Waals surface area contributed by atoms with Crippen LogP contribution in [-0.2, 0) is 0 Å². The minimum absolute atomic E-state index is 0.147. The van der Waals surface area contributed by atoms with E-state index in [0.29, 0.717) is 6.04 Å². The molecule has 2 saturated heterocycles. The maximum atomic E-state index is 9.67. The Morgan fingerprint density at radius 1 is 1.08 bits per heavy atom. The number of fused-ring (bicyclic) bond motifs is 1. The molecule has 2 aliphatic rings. The molecule has 2 aliphatic heterocycles. The van der Waals surface area contributed by atoms with Crippen LogP contribution in [0.5, 0.6) is 0 Å². The SMILES string of the molecule is O[C@H]1CC[C@H]2[C@@H](O)CCCN2C1. The minimum atomic E-state index is -0.161. The van der Waals surface area contributed by atoms with Gasteiger partial charge in [0, 0.05) is 12.6 Å². The zero-order chi connectivity index (χ0) is 8.55. The molecule has 0 radical (unpaired) electrons. The van der Waals surface area contributed by atoms with Gasteiger partial charge in [0.15, 0.2) is 0 Å². The third kappa shape index (κ3) is 1.49. The summed E-state index contributed by atoms with van der Waals surface area (Å²) >= 11 is 0. The standard InChI is InChI=1S/C9H17NO2/c11-7-3-4-8-9(12)2-1-5-10(8)6-7/h7-9,11-12H,1-6H2/t7-,8-,9-/m0/s1. The Balaban J connectivity index is 1.99. The quantitative estimate of drug-likeness (QED) is 0.538. The highest BCUT2D eigenvalue weighted by atomic mass is 16.3. The average Bonchev–Trinajstić information content (AvgIpc) is 2.04. The number of aliphatic hydroxyl groups is 2. The molecule has 3 heteroatoms. The molecule has 70 valence electrons. The number of nitrogens with zero attached hydrogens (tertiary/aromatic N) is 1. The largest absolute Gasteiger partial charge is 0.392 e. The van der Waals surface area contributed by atoms with Gasteiger partial charge < -0.3 is 10.2 Å². The first kappa shape index (κ1) is 8.48. The van der Waals surface area contributed by atoms with Gasteiger partial charge in [0.1, 0.15) is 0 Å². The summed E-state index contributed by atoms with van der Waals surface area (Å²) in [6.45, 7) is 1.82. The summed E-state index contributed by atoms with van der Waals surface area (Å²) in [5.74, 6) is 0. The molecule has 0 aromatic rings. The second-order valence-electron chi connectivity index (χ2n) is 4.00. The molecule has 2 heterocycles. The Hall–Kier alpha value is -0.120. The van der Waals surface area contributed by atoms with Crippen LogP contribution in [0.2, 0.25) is 0 Å². The summed E-state index contributed by atoms with van der Waals surface area (Å²) in [5.41, 5.74) is 0. The van der Waals surface area contributed by atoms with Gasteiger partial charge >= 0.3 is 0 Å². The van der Waals surface area contributed by atoms with Crippen LogP contribution in [0.1, 0.15) is 25.7 Å². The molecule has 2 rings (SSSR count). The average molecular weight is 171 g/mol. The Morgan fingerprint density at radius 3 is 2.75 bits per heavy atom. The Morgan fingerprint density at radius 2 is 1.92 bits per heavy atom. The van der Waals surface area contributed by atoms with Gasteiger partial charge in [-0.2, -0.15) is 0 Å². The highest BCUT2D eigenvalue weighted by molar-refractivity contribution is 4.89. The molecule has 2 fully saturated rings. The zero-order valence-corrected chi connectivity index (χ0v) is 7.32. The minimum Gasteiger partial charge on any atom is -0.392 e. The number of aliphatic hydroxyl groups excluding tert-OH is 2. The van der Waals surface area contributed by atoms with Crippen LogP contribution in [0, 0.1) is 0 Å². The first-order valence-electron chi connectivity index (χ1n) is 4.87. The van der Waals surface area contributed by atoms with Crippen LogP contribution in [0.15, 0.2) is 0 Å². The van der Waals surface area contributed by atoms with Crippen molar-refractivity contribution in [2.75, 3.05) is 13.1 Å². The molecule has 0 saturated carbocycles. The lowest BCUT2D eigenvalue weighted by Gasteiger charge is -2.43. The van der Waals surface area contributed by atoms with Crippen LogP contribution >= 0.6 is 0 Å². The van der Waals surface area contributed by atoms with Crippen molar-refractivity contribution in [1.82, 2.24) is 4.90 Å². The maximum Gasteiger partial charge on any atom is 0.0695 e. The molecule has 0 unspecified atom stereocenters. The lowest BCUT2D eigenvalue weighted by molar-refractivity contribution is -0.0455. The van der Waals surface area contributed by atoms with Gasteiger partial charge in [0.25, 0.3) is 0 Å². The predicted molar refractivity (Wildman–Crippen MR) is 45.8 cm³/mol. The number of hydrogen-bond acceptors (Lipinski definition) is 3. The monoisotopic (exact) mass is 171 g/mol. The van der Waals surface area contributed by atoms with Gasteiger partial charge in [-0.05, 0) is 32.2 Å². The highest BCUT2D eigenvalue weighted by Crippen LogP contribution is 2.26.